The van der Waals surface area contributed by atoms with Gasteiger partial charge in [-0.25, -0.2) is 0 Å². The Hall–Kier alpha value is -1.92. The third kappa shape index (κ3) is 3.73. The van der Waals surface area contributed by atoms with E-state index in [2.05, 4.69) is 65.1 Å². The number of hydrogen-bond donors (Lipinski definition) is 1. The van der Waals surface area contributed by atoms with Crippen LogP contribution in [0.2, 0.25) is 0 Å². The predicted octanol–water partition coefficient (Wildman–Crippen LogP) is 3.79. The number of pyridine rings is 1. The molecule has 2 aliphatic heterocycles. The second kappa shape index (κ2) is 7.24. The number of ether oxygens (including phenoxy) is 1. The van der Waals surface area contributed by atoms with Crippen LogP contribution < -0.4 is 5.32 Å². The van der Waals surface area contributed by atoms with Crippen molar-refractivity contribution >= 4 is 17.3 Å². The van der Waals surface area contributed by atoms with Gasteiger partial charge in [-0.2, -0.15) is 0 Å². The minimum absolute atomic E-state index is 0.0379. The van der Waals surface area contributed by atoms with Gasteiger partial charge in [0.2, 0.25) is 0 Å². The number of nitrogens with one attached hydrogen (secondary N) is 1. The molecule has 0 radical (unpaired) electrons. The Morgan fingerprint density at radius 2 is 2.15 bits per heavy atom. The topological polar surface area (TPSA) is 42.3 Å². The van der Waals surface area contributed by atoms with Crippen LogP contribution in [0, 0.1) is 0 Å². The van der Waals surface area contributed by atoms with E-state index in [9.17, 15) is 0 Å². The van der Waals surface area contributed by atoms with Gasteiger partial charge >= 0.3 is 0 Å². The minimum Gasteiger partial charge on any atom is -0.376 e. The molecule has 2 aliphatic rings. The van der Waals surface area contributed by atoms with Crippen molar-refractivity contribution in [2.75, 3.05) is 13.2 Å². The van der Waals surface area contributed by atoms with Crippen LogP contribution in [0.5, 0.6) is 0 Å². The molecule has 1 N–H and O–H groups in total. The first kappa shape index (κ1) is 18.4. The van der Waals surface area contributed by atoms with E-state index < -0.39 is 0 Å². The minimum atomic E-state index is 0.0379. The predicted molar refractivity (Wildman–Crippen MR) is 111 cm³/mol. The second-order valence-corrected chi connectivity index (χ2v) is 8.82. The fourth-order valence-corrected chi connectivity index (χ4v) is 4.29. The molecular formula is C21H28N4OS. The first-order valence-electron chi connectivity index (χ1n) is 9.71. The van der Waals surface area contributed by atoms with Gasteiger partial charge in [-0.3, -0.25) is 4.98 Å². The molecule has 6 heteroatoms. The van der Waals surface area contributed by atoms with Crippen molar-refractivity contribution in [3.05, 3.63) is 54.1 Å². The molecule has 0 bridgehead atoms. The monoisotopic (exact) mass is 384 g/mol. The lowest BCUT2D eigenvalue weighted by atomic mass is 9.98. The van der Waals surface area contributed by atoms with Crippen molar-refractivity contribution in [1.29, 1.82) is 0 Å². The van der Waals surface area contributed by atoms with Crippen molar-refractivity contribution in [2.24, 2.45) is 0 Å². The summed E-state index contributed by atoms with van der Waals surface area (Å²) in [4.78, 5) is 6.90. The van der Waals surface area contributed by atoms with E-state index >= 15 is 0 Å². The van der Waals surface area contributed by atoms with E-state index in [0.717, 1.165) is 36.8 Å². The van der Waals surface area contributed by atoms with Crippen LogP contribution in [0.15, 0.2) is 42.9 Å². The van der Waals surface area contributed by atoms with Gasteiger partial charge in [0.15, 0.2) is 5.11 Å². The van der Waals surface area contributed by atoms with Crippen LogP contribution in [0.1, 0.15) is 57.0 Å². The fourth-order valence-electron chi connectivity index (χ4n) is 3.98. The number of nitrogens with zero attached hydrogens (tertiary/aromatic N) is 3. The van der Waals surface area contributed by atoms with Crippen molar-refractivity contribution in [3.8, 4) is 0 Å². The lowest BCUT2D eigenvalue weighted by Crippen LogP contribution is -2.36. The Morgan fingerprint density at radius 1 is 1.30 bits per heavy atom. The van der Waals surface area contributed by atoms with Crippen molar-refractivity contribution in [1.82, 2.24) is 19.8 Å². The lowest BCUT2D eigenvalue weighted by molar-refractivity contribution is 0.0842. The molecule has 3 atom stereocenters. The molecule has 0 saturated carbocycles. The lowest BCUT2D eigenvalue weighted by Gasteiger charge is -2.29. The number of hydrogen-bond acceptors (Lipinski definition) is 3. The normalized spacial score (nSPS) is 25.8. The third-order valence-corrected chi connectivity index (χ3v) is 5.81. The van der Waals surface area contributed by atoms with Crippen molar-refractivity contribution in [2.45, 2.75) is 57.3 Å². The van der Waals surface area contributed by atoms with E-state index in [0.29, 0.717) is 0 Å². The molecular weight excluding hydrogens is 356 g/mol. The Kier molecular flexibility index (Phi) is 4.95. The van der Waals surface area contributed by atoms with Crippen molar-refractivity contribution in [3.63, 3.8) is 0 Å². The van der Waals surface area contributed by atoms with Crippen LogP contribution in [0.25, 0.3) is 0 Å². The van der Waals surface area contributed by atoms with Gasteiger partial charge in [-0.1, -0.05) is 6.07 Å². The molecule has 144 valence electrons. The third-order valence-electron chi connectivity index (χ3n) is 5.45. The Balaban J connectivity index is 1.69. The van der Waals surface area contributed by atoms with Gasteiger partial charge in [0.05, 0.1) is 23.9 Å². The zero-order chi connectivity index (χ0) is 19.0. The highest BCUT2D eigenvalue weighted by Crippen LogP contribution is 2.39. The molecule has 4 rings (SSSR count). The van der Waals surface area contributed by atoms with Gasteiger partial charge in [-0.15, -0.1) is 0 Å². The maximum Gasteiger partial charge on any atom is 0.170 e. The molecule has 4 heterocycles. The summed E-state index contributed by atoms with van der Waals surface area (Å²) in [5, 5.41) is 4.31. The number of rotatable bonds is 4. The summed E-state index contributed by atoms with van der Waals surface area (Å²) < 4.78 is 8.17. The molecule has 0 aliphatic carbocycles. The van der Waals surface area contributed by atoms with Crippen LogP contribution in [0.3, 0.4) is 0 Å². The molecule has 2 aromatic heterocycles. The quantitative estimate of drug-likeness (QED) is 0.813. The summed E-state index contributed by atoms with van der Waals surface area (Å²) in [7, 11) is 0. The van der Waals surface area contributed by atoms with Gasteiger partial charge in [-0.05, 0) is 69.6 Å². The first-order chi connectivity index (χ1) is 12.9. The van der Waals surface area contributed by atoms with E-state index in [1.54, 1.807) is 0 Å². The average molecular weight is 385 g/mol. The van der Waals surface area contributed by atoms with E-state index in [1.165, 1.54) is 5.56 Å². The maximum atomic E-state index is 5.90. The SMILES string of the molecule is CC(C)(C)n1ccc(C2C(c3ccccn3)NC(=S)N2CC2CCCO2)c1. The molecule has 27 heavy (non-hydrogen) atoms. The smallest absolute Gasteiger partial charge is 0.170 e. The van der Waals surface area contributed by atoms with Gasteiger partial charge in [0.25, 0.3) is 0 Å². The van der Waals surface area contributed by atoms with Crippen molar-refractivity contribution < 1.29 is 4.74 Å². The summed E-state index contributed by atoms with van der Waals surface area (Å²) in [6.45, 7) is 8.33. The summed E-state index contributed by atoms with van der Waals surface area (Å²) in [6, 6.07) is 8.42. The molecule has 0 aromatic carbocycles. The first-order valence-corrected chi connectivity index (χ1v) is 10.1. The highest BCUT2D eigenvalue weighted by atomic mass is 32.1. The van der Waals surface area contributed by atoms with Gasteiger partial charge < -0.3 is 19.5 Å². The summed E-state index contributed by atoms with van der Waals surface area (Å²) in [5.74, 6) is 0. The number of aromatic nitrogens is 2. The molecule has 3 unspecified atom stereocenters. The summed E-state index contributed by atoms with van der Waals surface area (Å²) >= 11 is 5.73. The highest BCUT2D eigenvalue weighted by Gasteiger charge is 2.41. The van der Waals surface area contributed by atoms with Crippen LogP contribution >= 0.6 is 12.2 Å². The van der Waals surface area contributed by atoms with E-state index in [-0.39, 0.29) is 23.7 Å². The number of thiocarbonyl (C=S) groups is 1. The van der Waals surface area contributed by atoms with Crippen LogP contribution in [-0.4, -0.2) is 38.8 Å². The Labute approximate surface area is 166 Å². The maximum absolute atomic E-state index is 5.90. The highest BCUT2D eigenvalue weighted by molar-refractivity contribution is 7.80. The van der Waals surface area contributed by atoms with Crippen LogP contribution in [-0.2, 0) is 10.3 Å². The zero-order valence-corrected chi connectivity index (χ0v) is 17.1. The largest absolute Gasteiger partial charge is 0.376 e. The molecule has 2 aromatic rings. The van der Waals surface area contributed by atoms with E-state index in [4.69, 9.17) is 17.0 Å². The molecule has 0 spiro atoms. The standard InChI is InChI=1S/C21H28N4OS/c1-21(2,3)24-11-9-15(13-24)19-18(17-8-4-5-10-22-17)23-20(27)25(19)14-16-7-6-12-26-16/h4-5,8-11,13,16,18-19H,6-7,12,14H2,1-3H3,(H,23,27). The van der Waals surface area contributed by atoms with E-state index in [1.807, 2.05) is 18.3 Å². The molecule has 2 saturated heterocycles. The zero-order valence-electron chi connectivity index (χ0n) is 16.3. The second-order valence-electron chi connectivity index (χ2n) is 8.44. The molecule has 5 nitrogen and oxygen atoms in total. The fraction of sp³-hybridized carbons (Fsp3) is 0.524. The molecule has 0 amide bonds. The van der Waals surface area contributed by atoms with Crippen LogP contribution in [0.4, 0.5) is 0 Å². The van der Waals surface area contributed by atoms with Gasteiger partial charge in [0.1, 0.15) is 0 Å². The van der Waals surface area contributed by atoms with Gasteiger partial charge in [0, 0.05) is 37.3 Å². The summed E-state index contributed by atoms with van der Waals surface area (Å²) in [5.41, 5.74) is 2.32. The molecule has 2 fully saturated rings. The Morgan fingerprint density at radius 3 is 2.78 bits per heavy atom. The Bertz CT molecular complexity index is 792. The summed E-state index contributed by atoms with van der Waals surface area (Å²) in [6.07, 6.45) is 8.74. The average Bonchev–Trinajstić information content (AvgIpc) is 3.37.